The van der Waals surface area contributed by atoms with E-state index in [1.165, 1.54) is 0 Å². The summed E-state index contributed by atoms with van der Waals surface area (Å²) in [6, 6.07) is 5.51. The summed E-state index contributed by atoms with van der Waals surface area (Å²) in [5.41, 5.74) is 7.06. The first kappa shape index (κ1) is 13.5. The quantitative estimate of drug-likeness (QED) is 0.838. The molecule has 5 heteroatoms. The van der Waals surface area contributed by atoms with Gasteiger partial charge in [-0.3, -0.25) is 4.79 Å². The van der Waals surface area contributed by atoms with Gasteiger partial charge in [-0.2, -0.15) is 0 Å². The van der Waals surface area contributed by atoms with Crippen molar-refractivity contribution in [3.63, 3.8) is 0 Å². The van der Waals surface area contributed by atoms with Crippen LogP contribution >= 0.6 is 28.1 Å². The van der Waals surface area contributed by atoms with Crippen molar-refractivity contribution in [3.8, 4) is 0 Å². The Morgan fingerprint density at radius 1 is 1.39 bits per heavy atom. The van der Waals surface area contributed by atoms with Crippen molar-refractivity contribution in [1.29, 1.82) is 0 Å². The van der Waals surface area contributed by atoms with Gasteiger partial charge in [0.05, 0.1) is 5.69 Å². The van der Waals surface area contributed by atoms with E-state index in [0.29, 0.717) is 16.2 Å². The number of nitrogens with one attached hydrogen (secondary N) is 1. The van der Waals surface area contributed by atoms with Gasteiger partial charge in [0.2, 0.25) is 5.91 Å². The first-order valence-electron chi connectivity index (χ1n) is 5.98. The number of anilines is 1. The number of carbonyl (C=O) groups excluding carboxylic acids is 1. The van der Waals surface area contributed by atoms with Crippen LogP contribution in [0.3, 0.4) is 0 Å². The standard InChI is InChI=1S/C13H15BrN2OS/c14-9-5-6-10(12(15)18)11(7-9)16-13(17)8-3-1-2-4-8/h5-8H,1-4H2,(H2,15,18)(H,16,17). The van der Waals surface area contributed by atoms with Crippen molar-refractivity contribution in [3.05, 3.63) is 28.2 Å². The summed E-state index contributed by atoms with van der Waals surface area (Å²) in [7, 11) is 0. The minimum atomic E-state index is 0.0723. The number of carbonyl (C=O) groups is 1. The van der Waals surface area contributed by atoms with Gasteiger partial charge in [-0.05, 0) is 31.0 Å². The second-order valence-corrected chi connectivity index (χ2v) is 5.88. The maximum Gasteiger partial charge on any atom is 0.227 e. The van der Waals surface area contributed by atoms with E-state index in [-0.39, 0.29) is 11.8 Å². The van der Waals surface area contributed by atoms with Crippen LogP contribution in [0.25, 0.3) is 0 Å². The lowest BCUT2D eigenvalue weighted by molar-refractivity contribution is -0.119. The molecule has 1 aromatic rings. The third kappa shape index (κ3) is 3.09. The maximum atomic E-state index is 12.1. The van der Waals surface area contributed by atoms with E-state index in [2.05, 4.69) is 21.2 Å². The molecule has 3 nitrogen and oxygen atoms in total. The Hall–Kier alpha value is -0.940. The molecule has 0 aliphatic heterocycles. The predicted molar refractivity (Wildman–Crippen MR) is 80.6 cm³/mol. The van der Waals surface area contributed by atoms with Crippen molar-refractivity contribution in [1.82, 2.24) is 0 Å². The topological polar surface area (TPSA) is 55.1 Å². The molecule has 0 saturated heterocycles. The molecule has 0 radical (unpaired) electrons. The summed E-state index contributed by atoms with van der Waals surface area (Å²) >= 11 is 8.38. The fourth-order valence-electron chi connectivity index (χ4n) is 2.26. The van der Waals surface area contributed by atoms with Gasteiger partial charge < -0.3 is 11.1 Å². The highest BCUT2D eigenvalue weighted by Gasteiger charge is 2.23. The molecule has 0 atom stereocenters. The Morgan fingerprint density at radius 2 is 2.06 bits per heavy atom. The van der Waals surface area contributed by atoms with Gasteiger partial charge >= 0.3 is 0 Å². The van der Waals surface area contributed by atoms with E-state index in [1.54, 1.807) is 0 Å². The predicted octanol–water partition coefficient (Wildman–Crippen LogP) is 3.21. The first-order valence-corrected chi connectivity index (χ1v) is 7.18. The Bertz CT molecular complexity index is 484. The Morgan fingerprint density at radius 3 is 2.67 bits per heavy atom. The normalized spacial score (nSPS) is 15.6. The highest BCUT2D eigenvalue weighted by Crippen LogP contribution is 2.27. The molecular formula is C13H15BrN2OS. The molecule has 18 heavy (non-hydrogen) atoms. The van der Waals surface area contributed by atoms with Gasteiger partial charge in [0, 0.05) is 16.0 Å². The van der Waals surface area contributed by atoms with Gasteiger partial charge in [-0.1, -0.05) is 41.0 Å². The van der Waals surface area contributed by atoms with Crippen molar-refractivity contribution in [2.24, 2.45) is 11.7 Å². The molecular weight excluding hydrogens is 312 g/mol. The Labute approximate surface area is 120 Å². The monoisotopic (exact) mass is 326 g/mol. The average Bonchev–Trinajstić information content (AvgIpc) is 2.81. The number of rotatable bonds is 3. The van der Waals surface area contributed by atoms with Gasteiger partial charge in [0.15, 0.2) is 0 Å². The third-order valence-corrected chi connectivity index (χ3v) is 3.94. The van der Waals surface area contributed by atoms with E-state index in [4.69, 9.17) is 18.0 Å². The van der Waals surface area contributed by atoms with Crippen LogP contribution in [0, 0.1) is 5.92 Å². The number of nitrogens with two attached hydrogens (primary N) is 1. The van der Waals surface area contributed by atoms with Crippen molar-refractivity contribution in [2.75, 3.05) is 5.32 Å². The van der Waals surface area contributed by atoms with Crippen LogP contribution in [0.2, 0.25) is 0 Å². The van der Waals surface area contributed by atoms with Crippen LogP contribution < -0.4 is 11.1 Å². The number of hydrogen-bond acceptors (Lipinski definition) is 2. The molecule has 3 N–H and O–H groups in total. The second-order valence-electron chi connectivity index (χ2n) is 4.52. The summed E-state index contributed by atoms with van der Waals surface area (Å²) in [5, 5.41) is 2.94. The van der Waals surface area contributed by atoms with Gasteiger partial charge in [-0.15, -0.1) is 0 Å². The number of benzene rings is 1. The average molecular weight is 327 g/mol. The summed E-state index contributed by atoms with van der Waals surface area (Å²) in [6.45, 7) is 0. The van der Waals surface area contributed by atoms with Crippen LogP contribution in [0.1, 0.15) is 31.2 Å². The molecule has 0 heterocycles. The first-order chi connectivity index (χ1) is 8.58. The molecule has 1 saturated carbocycles. The largest absolute Gasteiger partial charge is 0.389 e. The van der Waals surface area contributed by atoms with Gasteiger partial charge in [0.1, 0.15) is 4.99 Å². The molecule has 1 aliphatic rings. The molecule has 1 amide bonds. The Kier molecular flexibility index (Phi) is 4.35. The minimum absolute atomic E-state index is 0.0723. The van der Waals surface area contributed by atoms with Gasteiger partial charge in [-0.25, -0.2) is 0 Å². The zero-order chi connectivity index (χ0) is 13.1. The van der Waals surface area contributed by atoms with E-state index in [1.807, 2.05) is 18.2 Å². The minimum Gasteiger partial charge on any atom is -0.389 e. The van der Waals surface area contributed by atoms with E-state index < -0.39 is 0 Å². The molecule has 96 valence electrons. The smallest absolute Gasteiger partial charge is 0.227 e. The number of halogens is 1. The molecule has 0 aromatic heterocycles. The maximum absolute atomic E-state index is 12.1. The second kappa shape index (κ2) is 5.80. The lowest BCUT2D eigenvalue weighted by Gasteiger charge is -2.13. The molecule has 1 aromatic carbocycles. The van der Waals surface area contributed by atoms with Crippen LogP contribution in [0.5, 0.6) is 0 Å². The summed E-state index contributed by atoms with van der Waals surface area (Å²) in [4.78, 5) is 12.4. The molecule has 0 unspecified atom stereocenters. The van der Waals surface area contributed by atoms with Crippen molar-refractivity contribution in [2.45, 2.75) is 25.7 Å². The van der Waals surface area contributed by atoms with Crippen LogP contribution in [0.15, 0.2) is 22.7 Å². The lowest BCUT2D eigenvalue weighted by Crippen LogP contribution is -2.22. The van der Waals surface area contributed by atoms with Crippen LogP contribution in [-0.4, -0.2) is 10.9 Å². The summed E-state index contributed by atoms with van der Waals surface area (Å²) in [5.74, 6) is 0.200. The fraction of sp³-hybridized carbons (Fsp3) is 0.385. The number of amides is 1. The highest BCUT2D eigenvalue weighted by atomic mass is 79.9. The molecule has 2 rings (SSSR count). The summed E-state index contributed by atoms with van der Waals surface area (Å²) < 4.78 is 0.893. The Balaban J connectivity index is 2.19. The molecule has 1 fully saturated rings. The fourth-order valence-corrected chi connectivity index (χ4v) is 2.80. The third-order valence-electron chi connectivity index (χ3n) is 3.23. The zero-order valence-corrected chi connectivity index (χ0v) is 12.3. The van der Waals surface area contributed by atoms with E-state index >= 15 is 0 Å². The lowest BCUT2D eigenvalue weighted by atomic mass is 10.1. The van der Waals surface area contributed by atoms with Crippen LogP contribution in [-0.2, 0) is 4.79 Å². The number of thiocarbonyl (C=S) groups is 1. The van der Waals surface area contributed by atoms with E-state index in [0.717, 1.165) is 30.2 Å². The summed E-state index contributed by atoms with van der Waals surface area (Å²) in [6.07, 6.45) is 4.22. The molecule has 1 aliphatic carbocycles. The molecule has 0 spiro atoms. The zero-order valence-electron chi connectivity index (χ0n) is 9.91. The number of hydrogen-bond donors (Lipinski definition) is 2. The van der Waals surface area contributed by atoms with Crippen molar-refractivity contribution >= 4 is 44.7 Å². The SMILES string of the molecule is NC(=S)c1ccc(Br)cc1NC(=O)C1CCCC1. The molecule has 0 bridgehead atoms. The van der Waals surface area contributed by atoms with Crippen molar-refractivity contribution < 1.29 is 4.79 Å². The van der Waals surface area contributed by atoms with Gasteiger partial charge in [0.25, 0.3) is 0 Å². The highest BCUT2D eigenvalue weighted by molar-refractivity contribution is 9.10. The van der Waals surface area contributed by atoms with Crippen LogP contribution in [0.4, 0.5) is 5.69 Å². The van der Waals surface area contributed by atoms with E-state index in [9.17, 15) is 4.79 Å².